The Morgan fingerprint density at radius 3 is 2.45 bits per heavy atom. The van der Waals surface area contributed by atoms with E-state index in [0.717, 1.165) is 0 Å². The molecule has 0 aromatic heterocycles. The summed E-state index contributed by atoms with van der Waals surface area (Å²) in [7, 11) is 0. The molecule has 1 heterocycles. The summed E-state index contributed by atoms with van der Waals surface area (Å²) in [5.41, 5.74) is 0. The molecular formula is C14H22O6. The first-order valence-corrected chi connectivity index (χ1v) is 6.64. The van der Waals surface area contributed by atoms with Crippen LogP contribution in [0.4, 0.5) is 0 Å². The Labute approximate surface area is 119 Å². The van der Waals surface area contributed by atoms with E-state index < -0.39 is 30.4 Å². The Bertz CT molecular complexity index is 363. The standard InChI is InChI=1S/C14H22O6/c1-9(2)7-18-14-6-5-12(19-11(4)16)13(20-14)8-17-10(3)15/h5-6,9,12-14H,7-8H2,1-4H3/t12-,13-,14+/m1/s1. The van der Waals surface area contributed by atoms with E-state index in [2.05, 4.69) is 0 Å². The molecule has 6 heteroatoms. The number of hydrogen-bond acceptors (Lipinski definition) is 6. The van der Waals surface area contributed by atoms with Gasteiger partial charge in [0.15, 0.2) is 6.29 Å². The fourth-order valence-corrected chi connectivity index (χ4v) is 1.64. The smallest absolute Gasteiger partial charge is 0.303 e. The molecule has 0 N–H and O–H groups in total. The molecule has 1 aliphatic heterocycles. The molecule has 3 atom stereocenters. The van der Waals surface area contributed by atoms with Gasteiger partial charge in [-0.1, -0.05) is 13.8 Å². The summed E-state index contributed by atoms with van der Waals surface area (Å²) in [6.07, 6.45) is 1.73. The van der Waals surface area contributed by atoms with Crippen molar-refractivity contribution in [2.75, 3.05) is 13.2 Å². The van der Waals surface area contributed by atoms with Gasteiger partial charge in [-0.2, -0.15) is 0 Å². The van der Waals surface area contributed by atoms with Crippen LogP contribution in [0.25, 0.3) is 0 Å². The first-order valence-electron chi connectivity index (χ1n) is 6.64. The van der Waals surface area contributed by atoms with E-state index >= 15 is 0 Å². The molecule has 0 aromatic carbocycles. The van der Waals surface area contributed by atoms with Gasteiger partial charge in [-0.3, -0.25) is 9.59 Å². The lowest BCUT2D eigenvalue weighted by Gasteiger charge is -2.31. The van der Waals surface area contributed by atoms with Gasteiger partial charge in [0.1, 0.15) is 18.8 Å². The Hall–Kier alpha value is -1.40. The van der Waals surface area contributed by atoms with Gasteiger partial charge in [0.05, 0.1) is 6.61 Å². The Morgan fingerprint density at radius 1 is 1.20 bits per heavy atom. The zero-order valence-corrected chi connectivity index (χ0v) is 12.3. The van der Waals surface area contributed by atoms with E-state index in [4.69, 9.17) is 18.9 Å². The van der Waals surface area contributed by atoms with E-state index in [9.17, 15) is 9.59 Å². The first kappa shape index (κ1) is 16.7. The average Bonchev–Trinajstić information content (AvgIpc) is 2.35. The predicted molar refractivity (Wildman–Crippen MR) is 70.8 cm³/mol. The highest BCUT2D eigenvalue weighted by Crippen LogP contribution is 2.18. The maximum absolute atomic E-state index is 11.0. The van der Waals surface area contributed by atoms with Crippen molar-refractivity contribution in [3.8, 4) is 0 Å². The highest BCUT2D eigenvalue weighted by atomic mass is 16.7. The van der Waals surface area contributed by atoms with Crippen LogP contribution in [0.1, 0.15) is 27.7 Å². The van der Waals surface area contributed by atoms with E-state index in [1.54, 1.807) is 12.2 Å². The zero-order chi connectivity index (χ0) is 15.1. The summed E-state index contributed by atoms with van der Waals surface area (Å²) >= 11 is 0. The molecule has 6 nitrogen and oxygen atoms in total. The van der Waals surface area contributed by atoms with Crippen LogP contribution in [0, 0.1) is 5.92 Å². The average molecular weight is 286 g/mol. The van der Waals surface area contributed by atoms with E-state index in [1.807, 2.05) is 13.8 Å². The van der Waals surface area contributed by atoms with Crippen molar-refractivity contribution in [1.82, 2.24) is 0 Å². The van der Waals surface area contributed by atoms with E-state index in [1.165, 1.54) is 13.8 Å². The van der Waals surface area contributed by atoms with Gasteiger partial charge in [0.2, 0.25) is 0 Å². The van der Waals surface area contributed by atoms with Crippen LogP contribution in [0.2, 0.25) is 0 Å². The van der Waals surface area contributed by atoms with Gasteiger partial charge in [-0.25, -0.2) is 0 Å². The third kappa shape index (κ3) is 6.16. The minimum absolute atomic E-state index is 0.0131. The lowest BCUT2D eigenvalue weighted by Crippen LogP contribution is -2.42. The number of carbonyl (C=O) groups excluding carboxylic acids is 2. The number of rotatable bonds is 6. The highest BCUT2D eigenvalue weighted by Gasteiger charge is 2.31. The minimum atomic E-state index is -0.578. The molecular weight excluding hydrogens is 264 g/mol. The molecule has 1 rings (SSSR count). The largest absolute Gasteiger partial charge is 0.463 e. The van der Waals surface area contributed by atoms with Gasteiger partial charge in [-0.05, 0) is 18.1 Å². The normalized spacial score (nSPS) is 25.6. The van der Waals surface area contributed by atoms with Crippen molar-refractivity contribution >= 4 is 11.9 Å². The van der Waals surface area contributed by atoms with Crippen LogP contribution < -0.4 is 0 Å². The van der Waals surface area contributed by atoms with Gasteiger partial charge >= 0.3 is 11.9 Å². The first-order chi connectivity index (χ1) is 9.38. The summed E-state index contributed by atoms with van der Waals surface area (Å²) in [6.45, 7) is 7.26. The van der Waals surface area contributed by atoms with Crippen LogP contribution in [-0.4, -0.2) is 43.7 Å². The van der Waals surface area contributed by atoms with Crippen LogP contribution in [0.3, 0.4) is 0 Å². The number of carbonyl (C=O) groups is 2. The molecule has 20 heavy (non-hydrogen) atoms. The van der Waals surface area contributed by atoms with Crippen molar-refractivity contribution in [3.05, 3.63) is 12.2 Å². The molecule has 0 amide bonds. The quantitative estimate of drug-likeness (QED) is 0.543. The van der Waals surface area contributed by atoms with Gasteiger partial charge in [0.25, 0.3) is 0 Å². The van der Waals surface area contributed by atoms with Crippen molar-refractivity contribution < 1.29 is 28.5 Å². The van der Waals surface area contributed by atoms with Crippen LogP contribution >= 0.6 is 0 Å². The summed E-state index contributed by atoms with van der Waals surface area (Å²) in [5, 5.41) is 0. The van der Waals surface area contributed by atoms with Gasteiger partial charge in [-0.15, -0.1) is 0 Å². The summed E-state index contributed by atoms with van der Waals surface area (Å²) < 4.78 is 21.2. The molecule has 0 fully saturated rings. The molecule has 1 aliphatic rings. The summed E-state index contributed by atoms with van der Waals surface area (Å²) in [6, 6.07) is 0. The van der Waals surface area contributed by atoms with Crippen molar-refractivity contribution in [2.45, 2.75) is 46.2 Å². The number of esters is 2. The Balaban J connectivity index is 2.61. The third-order valence-corrected chi connectivity index (χ3v) is 2.48. The molecule has 0 saturated heterocycles. The lowest BCUT2D eigenvalue weighted by atomic mass is 10.1. The van der Waals surface area contributed by atoms with Crippen molar-refractivity contribution in [1.29, 1.82) is 0 Å². The van der Waals surface area contributed by atoms with E-state index in [0.29, 0.717) is 12.5 Å². The number of ether oxygens (including phenoxy) is 4. The molecule has 0 bridgehead atoms. The molecule has 114 valence electrons. The molecule has 0 unspecified atom stereocenters. The maximum Gasteiger partial charge on any atom is 0.303 e. The van der Waals surface area contributed by atoms with Crippen molar-refractivity contribution in [2.24, 2.45) is 5.92 Å². The minimum Gasteiger partial charge on any atom is -0.463 e. The predicted octanol–water partition coefficient (Wildman–Crippen LogP) is 1.43. The molecule has 0 spiro atoms. The second-order valence-corrected chi connectivity index (χ2v) is 5.03. The van der Waals surface area contributed by atoms with Crippen LogP contribution in [-0.2, 0) is 28.5 Å². The van der Waals surface area contributed by atoms with Crippen LogP contribution in [0.15, 0.2) is 12.2 Å². The summed E-state index contributed by atoms with van der Waals surface area (Å²) in [5.74, 6) is -0.452. The molecule has 0 saturated carbocycles. The molecule has 0 radical (unpaired) electrons. The monoisotopic (exact) mass is 286 g/mol. The molecule has 0 aliphatic carbocycles. The second-order valence-electron chi connectivity index (χ2n) is 5.03. The SMILES string of the molecule is CC(=O)OC[C@H]1O[C@H](OCC(C)C)C=C[C@H]1OC(C)=O. The lowest BCUT2D eigenvalue weighted by molar-refractivity contribution is -0.199. The highest BCUT2D eigenvalue weighted by molar-refractivity contribution is 5.66. The topological polar surface area (TPSA) is 71.1 Å². The number of hydrogen-bond donors (Lipinski definition) is 0. The van der Waals surface area contributed by atoms with Crippen LogP contribution in [0.5, 0.6) is 0 Å². The van der Waals surface area contributed by atoms with Gasteiger partial charge < -0.3 is 18.9 Å². The fourth-order valence-electron chi connectivity index (χ4n) is 1.64. The third-order valence-electron chi connectivity index (χ3n) is 2.48. The zero-order valence-electron chi connectivity index (χ0n) is 12.3. The Morgan fingerprint density at radius 2 is 1.90 bits per heavy atom. The van der Waals surface area contributed by atoms with Crippen molar-refractivity contribution in [3.63, 3.8) is 0 Å². The van der Waals surface area contributed by atoms with Gasteiger partial charge in [0, 0.05) is 13.8 Å². The fraction of sp³-hybridized carbons (Fsp3) is 0.714. The molecule has 0 aromatic rings. The van der Waals surface area contributed by atoms with E-state index in [-0.39, 0.29) is 6.61 Å². The second kappa shape index (κ2) is 8.01. The Kier molecular flexibility index (Phi) is 6.67. The maximum atomic E-state index is 11.0. The summed E-state index contributed by atoms with van der Waals surface area (Å²) in [4.78, 5) is 21.9.